The quantitative estimate of drug-likeness (QED) is 0.222. The number of aryl methyl sites for hydroxylation is 1. The third-order valence-electron chi connectivity index (χ3n) is 7.35. The molecule has 0 radical (unpaired) electrons. The number of nitrogens with zero attached hydrogens (tertiary/aromatic N) is 2. The highest BCUT2D eigenvalue weighted by Crippen LogP contribution is 2.41. The molecule has 1 saturated heterocycles. The second kappa shape index (κ2) is 12.7. The standard InChI is InChI=1S/C30H32F3N2O6P/c1-17-12-21(40-4)13-24(31)27(17)23-16-35(25-6-5-11-34(29(25)38)15-18(2)39-3)28(37)22(23)14-26(36)19-7-9-20(10-8-19)41-30(32,33)42/h5-13,18,22-23H,14-16,42H2,1-4H3/t18?,22-,23+/m0/s1. The molecule has 0 N–H and O–H groups in total. The first kappa shape index (κ1) is 31.3. The molecule has 1 aliphatic heterocycles. The summed E-state index contributed by atoms with van der Waals surface area (Å²) in [6.07, 6.45) is 1.03. The van der Waals surface area contributed by atoms with Gasteiger partial charge in [0, 0.05) is 43.8 Å². The van der Waals surface area contributed by atoms with E-state index >= 15 is 4.39 Å². The molecule has 0 aliphatic carbocycles. The van der Waals surface area contributed by atoms with Gasteiger partial charge >= 0.3 is 5.85 Å². The Balaban J connectivity index is 1.71. The lowest BCUT2D eigenvalue weighted by Crippen LogP contribution is -2.35. The van der Waals surface area contributed by atoms with Crippen LogP contribution in [-0.4, -0.2) is 49.0 Å². The molecule has 224 valence electrons. The van der Waals surface area contributed by atoms with Gasteiger partial charge in [-0.15, -0.1) is 0 Å². The van der Waals surface area contributed by atoms with Gasteiger partial charge in [-0.3, -0.25) is 14.4 Å². The van der Waals surface area contributed by atoms with Crippen LogP contribution in [0.25, 0.3) is 0 Å². The van der Waals surface area contributed by atoms with Crippen molar-refractivity contribution in [3.63, 3.8) is 0 Å². The maximum atomic E-state index is 15.5. The Kier molecular flexibility index (Phi) is 9.43. The van der Waals surface area contributed by atoms with Crippen LogP contribution in [0.5, 0.6) is 11.5 Å². The number of pyridine rings is 1. The Labute approximate surface area is 243 Å². The van der Waals surface area contributed by atoms with Crippen LogP contribution in [0.15, 0.2) is 59.5 Å². The van der Waals surface area contributed by atoms with Crippen molar-refractivity contribution in [2.75, 3.05) is 25.7 Å². The maximum absolute atomic E-state index is 15.5. The second-order valence-corrected chi connectivity index (χ2v) is 10.9. The van der Waals surface area contributed by atoms with Crippen LogP contribution >= 0.6 is 9.24 Å². The molecule has 12 heteroatoms. The number of benzene rings is 2. The average Bonchev–Trinajstić information content (AvgIpc) is 3.23. The number of halogens is 3. The molecule has 4 atom stereocenters. The molecule has 2 aromatic carbocycles. The fourth-order valence-electron chi connectivity index (χ4n) is 5.24. The van der Waals surface area contributed by atoms with Gasteiger partial charge < -0.3 is 23.7 Å². The number of methoxy groups -OCH3 is 2. The highest BCUT2D eigenvalue weighted by molar-refractivity contribution is 7.17. The summed E-state index contributed by atoms with van der Waals surface area (Å²) in [5, 5.41) is 0. The van der Waals surface area contributed by atoms with Crippen LogP contribution in [-0.2, 0) is 16.1 Å². The largest absolute Gasteiger partial charge is 0.497 e. The van der Waals surface area contributed by atoms with Crippen molar-refractivity contribution in [2.45, 2.75) is 44.7 Å². The van der Waals surface area contributed by atoms with E-state index in [2.05, 4.69) is 4.74 Å². The van der Waals surface area contributed by atoms with E-state index in [9.17, 15) is 23.2 Å². The molecule has 2 unspecified atom stereocenters. The molecule has 1 amide bonds. The number of ether oxygens (including phenoxy) is 3. The van der Waals surface area contributed by atoms with Crippen LogP contribution < -0.4 is 19.9 Å². The second-order valence-electron chi connectivity index (χ2n) is 10.2. The van der Waals surface area contributed by atoms with E-state index in [-0.39, 0.29) is 48.2 Å². The number of anilines is 1. The maximum Gasteiger partial charge on any atom is 0.408 e. The summed E-state index contributed by atoms with van der Waals surface area (Å²) in [4.78, 5) is 41.9. The number of amides is 1. The van der Waals surface area contributed by atoms with Crippen molar-refractivity contribution < 1.29 is 37.0 Å². The number of carbonyl (C=O) groups excluding carboxylic acids is 2. The van der Waals surface area contributed by atoms with E-state index in [4.69, 9.17) is 9.47 Å². The highest BCUT2D eigenvalue weighted by Gasteiger charge is 2.45. The first-order valence-corrected chi connectivity index (χ1v) is 13.8. The minimum Gasteiger partial charge on any atom is -0.497 e. The van der Waals surface area contributed by atoms with Crippen LogP contribution in [0.3, 0.4) is 0 Å². The summed E-state index contributed by atoms with van der Waals surface area (Å²) in [6.45, 7) is 3.72. The van der Waals surface area contributed by atoms with Gasteiger partial charge in [0.15, 0.2) is 5.78 Å². The lowest BCUT2D eigenvalue weighted by molar-refractivity contribution is -0.120. The lowest BCUT2D eigenvalue weighted by atomic mass is 9.82. The summed E-state index contributed by atoms with van der Waals surface area (Å²) in [6, 6.07) is 11.1. The van der Waals surface area contributed by atoms with Crippen LogP contribution in [0.4, 0.5) is 18.9 Å². The van der Waals surface area contributed by atoms with Gasteiger partial charge in [0.25, 0.3) is 5.56 Å². The molecule has 1 fully saturated rings. The molecule has 3 aromatic rings. The minimum absolute atomic E-state index is 0.0318. The minimum atomic E-state index is -3.48. The molecule has 4 rings (SSSR count). The summed E-state index contributed by atoms with van der Waals surface area (Å²) in [7, 11) is 4.21. The molecule has 1 aromatic heterocycles. The highest BCUT2D eigenvalue weighted by atomic mass is 31.0. The predicted molar refractivity (Wildman–Crippen MR) is 154 cm³/mol. The van der Waals surface area contributed by atoms with Gasteiger partial charge in [0.05, 0.1) is 25.7 Å². The van der Waals surface area contributed by atoms with E-state index in [1.54, 1.807) is 32.2 Å². The lowest BCUT2D eigenvalue weighted by Gasteiger charge is -2.20. The Morgan fingerprint density at radius 3 is 2.40 bits per heavy atom. The van der Waals surface area contributed by atoms with Gasteiger partial charge in [-0.05, 0) is 76.7 Å². The van der Waals surface area contributed by atoms with E-state index in [0.29, 0.717) is 11.3 Å². The van der Waals surface area contributed by atoms with Crippen molar-refractivity contribution in [1.29, 1.82) is 0 Å². The van der Waals surface area contributed by atoms with Crippen molar-refractivity contribution in [2.24, 2.45) is 5.92 Å². The summed E-state index contributed by atoms with van der Waals surface area (Å²) < 4.78 is 58.2. The first-order valence-electron chi connectivity index (χ1n) is 13.2. The molecule has 2 heterocycles. The Hall–Kier alpha value is -3.69. The normalized spacial score (nSPS) is 17.8. The molecule has 0 spiro atoms. The molecule has 1 aliphatic rings. The zero-order valence-electron chi connectivity index (χ0n) is 23.6. The van der Waals surface area contributed by atoms with E-state index < -0.39 is 40.8 Å². The van der Waals surface area contributed by atoms with Crippen LogP contribution in [0.1, 0.15) is 40.7 Å². The summed E-state index contributed by atoms with van der Waals surface area (Å²) in [5.41, 5.74) is 0.636. The number of rotatable bonds is 11. The van der Waals surface area contributed by atoms with Gasteiger partial charge in [0.2, 0.25) is 5.91 Å². The molecular formula is C30H32F3N2O6P. The van der Waals surface area contributed by atoms with Crippen molar-refractivity contribution >= 4 is 26.6 Å². The molecule has 0 bridgehead atoms. The number of Topliss-reactive ketones (excluding diaryl/α,β-unsaturated/α-hetero) is 1. The average molecular weight is 605 g/mol. The van der Waals surface area contributed by atoms with Crippen molar-refractivity contribution in [3.05, 3.63) is 87.6 Å². The SMILES string of the molecule is COc1cc(C)c([C@@H]2CN(c3cccn(CC(C)OC)c3=O)C(=O)[C@H]2CC(=O)c2ccc(OC(F)(F)P)cc2)c(F)c1. The molecule has 0 saturated carbocycles. The van der Waals surface area contributed by atoms with Crippen LogP contribution in [0.2, 0.25) is 0 Å². The third-order valence-corrected chi connectivity index (χ3v) is 7.47. The summed E-state index contributed by atoms with van der Waals surface area (Å²) in [5.74, 6) is -6.63. The van der Waals surface area contributed by atoms with Crippen molar-refractivity contribution in [1.82, 2.24) is 4.57 Å². The molecule has 42 heavy (non-hydrogen) atoms. The number of hydrogen-bond donors (Lipinski definition) is 0. The van der Waals surface area contributed by atoms with Gasteiger partial charge in [-0.25, -0.2) is 4.39 Å². The smallest absolute Gasteiger partial charge is 0.408 e. The fourth-order valence-corrected chi connectivity index (χ4v) is 5.38. The Morgan fingerprint density at radius 2 is 1.81 bits per heavy atom. The van der Waals surface area contributed by atoms with E-state index in [0.717, 1.165) is 0 Å². The van der Waals surface area contributed by atoms with E-state index in [1.807, 2.05) is 0 Å². The van der Waals surface area contributed by atoms with Gasteiger partial charge in [-0.2, -0.15) is 8.78 Å². The zero-order chi connectivity index (χ0) is 30.8. The predicted octanol–water partition coefficient (Wildman–Crippen LogP) is 5.16. The molecule has 8 nitrogen and oxygen atoms in total. The monoisotopic (exact) mass is 604 g/mol. The number of aromatic nitrogens is 1. The van der Waals surface area contributed by atoms with Gasteiger partial charge in [0.1, 0.15) is 23.0 Å². The Morgan fingerprint density at radius 1 is 1.12 bits per heavy atom. The number of carbonyl (C=O) groups is 2. The summed E-state index contributed by atoms with van der Waals surface area (Å²) >= 11 is 0. The fraction of sp³-hybridized carbons (Fsp3) is 0.367. The first-order chi connectivity index (χ1) is 19.8. The van der Waals surface area contributed by atoms with Crippen LogP contribution in [0, 0.1) is 18.7 Å². The molecular weight excluding hydrogens is 572 g/mol. The zero-order valence-corrected chi connectivity index (χ0v) is 24.8. The third kappa shape index (κ3) is 6.85. The van der Waals surface area contributed by atoms with E-state index in [1.165, 1.54) is 69.3 Å². The van der Waals surface area contributed by atoms with Gasteiger partial charge in [-0.1, -0.05) is 0 Å². The topological polar surface area (TPSA) is 87.1 Å². The number of ketones is 1. The van der Waals surface area contributed by atoms with Crippen molar-refractivity contribution in [3.8, 4) is 11.5 Å². The number of hydrogen-bond acceptors (Lipinski definition) is 6. The Bertz CT molecular complexity index is 1500. The number of alkyl halides is 2.